The summed E-state index contributed by atoms with van der Waals surface area (Å²) in [4.78, 5) is 29.0. The number of ketones is 1. The number of rotatable bonds is 4. The van der Waals surface area contributed by atoms with Gasteiger partial charge in [-0.1, -0.05) is 33.6 Å². The van der Waals surface area contributed by atoms with Crippen LogP contribution in [0.25, 0.3) is 0 Å². The van der Waals surface area contributed by atoms with Gasteiger partial charge in [-0.15, -0.1) is 0 Å². The van der Waals surface area contributed by atoms with E-state index in [2.05, 4.69) is 31.0 Å². The van der Waals surface area contributed by atoms with Gasteiger partial charge < -0.3 is 10.2 Å². The molecular weight excluding hydrogens is 384 g/mol. The molecule has 1 spiro atoms. The van der Waals surface area contributed by atoms with Gasteiger partial charge in [-0.2, -0.15) is 0 Å². The van der Waals surface area contributed by atoms with E-state index in [4.69, 9.17) is 0 Å². The summed E-state index contributed by atoms with van der Waals surface area (Å²) in [7, 11) is 0. The van der Waals surface area contributed by atoms with E-state index >= 15 is 0 Å². The Kier molecular flexibility index (Phi) is 5.35. The number of hydrogen-bond acceptors (Lipinski definition) is 3. The molecule has 0 aromatic heterocycles. The van der Waals surface area contributed by atoms with E-state index < -0.39 is 0 Å². The van der Waals surface area contributed by atoms with Gasteiger partial charge in [0.05, 0.1) is 0 Å². The Morgan fingerprint density at radius 1 is 0.968 bits per heavy atom. The molecule has 4 aliphatic carbocycles. The summed E-state index contributed by atoms with van der Waals surface area (Å²) in [5.41, 5.74) is 0.142. The molecule has 1 N–H and O–H groups in total. The second kappa shape index (κ2) is 7.57. The summed E-state index contributed by atoms with van der Waals surface area (Å²) in [6.45, 7) is 11.2. The molecule has 1 amide bonds. The number of nitrogens with one attached hydrogen (secondary N) is 1. The Hall–Kier alpha value is -0.900. The first kappa shape index (κ1) is 21.9. The maximum absolute atomic E-state index is 13.6. The minimum atomic E-state index is -0.250. The van der Waals surface area contributed by atoms with Gasteiger partial charge in [0.2, 0.25) is 5.91 Å². The summed E-state index contributed by atoms with van der Waals surface area (Å²) in [6, 6.07) is 0. The SMILES string of the molecule is C[C@@]12CC[C@@H]3[C@@](CC[C@H]4[C@@]3(C)CCC[C@@]4(C)C(=O)NCCN3CCCCC3)(CC1=O)C2. The van der Waals surface area contributed by atoms with E-state index in [9.17, 15) is 9.59 Å². The Balaban J connectivity index is 1.31. The normalized spacial score (nSPS) is 47.5. The number of likely N-dealkylation sites (tertiary alicyclic amines) is 1. The topological polar surface area (TPSA) is 49.4 Å². The first-order chi connectivity index (χ1) is 14.7. The number of carbonyl (C=O) groups is 2. The van der Waals surface area contributed by atoms with Gasteiger partial charge >= 0.3 is 0 Å². The smallest absolute Gasteiger partial charge is 0.226 e. The quantitative estimate of drug-likeness (QED) is 0.688. The molecule has 1 aliphatic heterocycles. The Morgan fingerprint density at radius 3 is 2.48 bits per heavy atom. The van der Waals surface area contributed by atoms with Crippen LogP contribution in [0.2, 0.25) is 0 Å². The fourth-order valence-electron chi connectivity index (χ4n) is 9.49. The Labute approximate surface area is 189 Å². The van der Waals surface area contributed by atoms with Gasteiger partial charge in [-0.25, -0.2) is 0 Å². The fourth-order valence-corrected chi connectivity index (χ4v) is 9.49. The van der Waals surface area contributed by atoms with Gasteiger partial charge in [-0.3, -0.25) is 9.59 Å². The highest BCUT2D eigenvalue weighted by Crippen LogP contribution is 2.72. The van der Waals surface area contributed by atoms with Gasteiger partial charge in [-0.05, 0) is 93.5 Å². The average molecular weight is 429 g/mol. The van der Waals surface area contributed by atoms with Gasteiger partial charge in [0.1, 0.15) is 5.78 Å². The van der Waals surface area contributed by atoms with E-state index in [1.54, 1.807) is 0 Å². The van der Waals surface area contributed by atoms with Crippen LogP contribution < -0.4 is 5.32 Å². The Morgan fingerprint density at radius 2 is 1.71 bits per heavy atom. The van der Waals surface area contributed by atoms with E-state index in [-0.39, 0.29) is 21.7 Å². The summed E-state index contributed by atoms with van der Waals surface area (Å²) in [5, 5.41) is 3.37. The molecule has 5 fully saturated rings. The molecule has 4 nitrogen and oxygen atoms in total. The molecule has 174 valence electrons. The number of piperidine rings is 1. The molecule has 4 saturated carbocycles. The van der Waals surface area contributed by atoms with Gasteiger partial charge in [0.15, 0.2) is 0 Å². The minimum Gasteiger partial charge on any atom is -0.354 e. The average Bonchev–Trinajstić information content (AvgIpc) is 2.92. The molecule has 0 radical (unpaired) electrons. The van der Waals surface area contributed by atoms with Gasteiger partial charge in [0, 0.05) is 30.3 Å². The van der Waals surface area contributed by atoms with Crippen molar-refractivity contribution in [3.05, 3.63) is 0 Å². The summed E-state index contributed by atoms with van der Waals surface area (Å²) >= 11 is 0. The number of Topliss-reactive ketones (excluding diaryl/α,β-unsaturated/α-hetero) is 1. The third-order valence-electron chi connectivity index (χ3n) is 11.0. The first-order valence-corrected chi connectivity index (χ1v) is 13.3. The van der Waals surface area contributed by atoms with Crippen molar-refractivity contribution in [2.45, 2.75) is 97.8 Å². The van der Waals surface area contributed by atoms with Crippen LogP contribution in [-0.2, 0) is 9.59 Å². The van der Waals surface area contributed by atoms with E-state index in [0.717, 1.165) is 58.0 Å². The highest BCUT2D eigenvalue weighted by Gasteiger charge is 2.67. The van der Waals surface area contributed by atoms with Crippen molar-refractivity contribution < 1.29 is 9.59 Å². The van der Waals surface area contributed by atoms with Crippen molar-refractivity contribution in [3.8, 4) is 0 Å². The second-order valence-electron chi connectivity index (χ2n) is 12.8. The number of carbonyl (C=O) groups excluding carboxylic acids is 2. The van der Waals surface area contributed by atoms with Crippen LogP contribution in [0.3, 0.4) is 0 Å². The predicted molar refractivity (Wildman–Crippen MR) is 124 cm³/mol. The highest BCUT2D eigenvalue weighted by atomic mass is 16.2. The lowest BCUT2D eigenvalue weighted by Gasteiger charge is -2.64. The number of amides is 1. The molecule has 6 atom stereocenters. The van der Waals surface area contributed by atoms with Gasteiger partial charge in [0.25, 0.3) is 0 Å². The van der Waals surface area contributed by atoms with E-state index in [0.29, 0.717) is 23.5 Å². The zero-order valence-electron chi connectivity index (χ0n) is 20.2. The fraction of sp³-hybridized carbons (Fsp3) is 0.926. The van der Waals surface area contributed by atoms with Crippen LogP contribution in [0.15, 0.2) is 0 Å². The monoisotopic (exact) mass is 428 g/mol. The molecule has 2 bridgehead atoms. The minimum absolute atomic E-state index is 0.0521. The standard InChI is InChI=1S/C27H44N2O2/c1-24-12-8-21-25(2)10-7-11-26(3,20(25)9-13-27(21,19-24)18-22(24)30)23(31)28-14-17-29-15-5-4-6-16-29/h20-21H,4-19H2,1-3H3,(H,28,31)/t20-,21-,24-,25+,26+,27-/m0/s1. The third kappa shape index (κ3) is 3.33. The lowest BCUT2D eigenvalue weighted by atomic mass is 9.40. The van der Waals surface area contributed by atoms with Crippen molar-refractivity contribution >= 4 is 11.7 Å². The number of nitrogens with zero attached hydrogens (tertiary/aromatic N) is 1. The third-order valence-corrected chi connectivity index (χ3v) is 11.0. The van der Waals surface area contributed by atoms with Crippen LogP contribution in [0.4, 0.5) is 0 Å². The molecule has 1 saturated heterocycles. The summed E-state index contributed by atoms with van der Waals surface area (Å²) in [5.74, 6) is 1.92. The van der Waals surface area contributed by atoms with E-state index in [1.807, 2.05) is 0 Å². The maximum atomic E-state index is 13.6. The second-order valence-corrected chi connectivity index (χ2v) is 12.8. The lowest BCUT2D eigenvalue weighted by molar-refractivity contribution is -0.170. The molecule has 31 heavy (non-hydrogen) atoms. The van der Waals surface area contributed by atoms with Crippen molar-refractivity contribution in [2.24, 2.45) is 33.5 Å². The molecule has 0 unspecified atom stereocenters. The summed E-state index contributed by atoms with van der Waals surface area (Å²) in [6.07, 6.45) is 13.9. The van der Waals surface area contributed by atoms with E-state index in [1.165, 1.54) is 45.2 Å². The Bertz CT molecular complexity index is 746. The lowest BCUT2D eigenvalue weighted by Crippen LogP contribution is -2.60. The zero-order chi connectivity index (χ0) is 21.9. The molecule has 0 aromatic carbocycles. The van der Waals surface area contributed by atoms with Crippen LogP contribution >= 0.6 is 0 Å². The molecule has 4 heteroatoms. The van der Waals surface area contributed by atoms with Crippen LogP contribution in [-0.4, -0.2) is 42.8 Å². The molecule has 1 heterocycles. The van der Waals surface area contributed by atoms with Crippen molar-refractivity contribution in [3.63, 3.8) is 0 Å². The molecule has 5 aliphatic rings. The van der Waals surface area contributed by atoms with Crippen molar-refractivity contribution in [1.29, 1.82) is 0 Å². The largest absolute Gasteiger partial charge is 0.354 e. The van der Waals surface area contributed by atoms with Crippen molar-refractivity contribution in [1.82, 2.24) is 10.2 Å². The maximum Gasteiger partial charge on any atom is 0.226 e. The first-order valence-electron chi connectivity index (χ1n) is 13.3. The molecule has 0 aromatic rings. The predicted octanol–water partition coefficient (Wildman–Crippen LogP) is 4.96. The molecular formula is C27H44N2O2. The summed E-state index contributed by atoms with van der Waals surface area (Å²) < 4.78 is 0. The number of hydrogen-bond donors (Lipinski definition) is 1. The molecule has 5 rings (SSSR count). The van der Waals surface area contributed by atoms with Crippen LogP contribution in [0.5, 0.6) is 0 Å². The zero-order valence-corrected chi connectivity index (χ0v) is 20.2. The van der Waals surface area contributed by atoms with Crippen LogP contribution in [0, 0.1) is 33.5 Å². The highest BCUT2D eigenvalue weighted by molar-refractivity contribution is 5.88. The number of fused-ring (bicyclic) bond motifs is 3. The van der Waals surface area contributed by atoms with Crippen molar-refractivity contribution in [2.75, 3.05) is 26.2 Å². The van der Waals surface area contributed by atoms with Crippen LogP contribution in [0.1, 0.15) is 97.8 Å².